The van der Waals surface area contributed by atoms with Gasteiger partial charge in [-0.2, -0.15) is 68.2 Å². The van der Waals surface area contributed by atoms with Gasteiger partial charge in [0, 0.05) is 39.3 Å². The van der Waals surface area contributed by atoms with Gasteiger partial charge in [-0.15, -0.1) is 0 Å². The van der Waals surface area contributed by atoms with E-state index in [4.69, 9.17) is 27.8 Å². The van der Waals surface area contributed by atoms with Gasteiger partial charge >= 0.3 is 61.3 Å². The average molecular weight is 1020 g/mol. The monoisotopic (exact) mass is 1020 g/mol. The third-order valence-corrected chi connectivity index (χ3v) is 12.1. The van der Waals surface area contributed by atoms with Crippen LogP contribution in [-0.4, -0.2) is 141 Å². The van der Waals surface area contributed by atoms with Crippen molar-refractivity contribution in [1.82, 2.24) is 28.7 Å². The summed E-state index contributed by atoms with van der Waals surface area (Å²) in [6.07, 6.45) is -22.0. The van der Waals surface area contributed by atoms with Crippen LogP contribution in [0.25, 0.3) is 0 Å². The summed E-state index contributed by atoms with van der Waals surface area (Å²) in [5, 5.41) is 37.1. The number of rotatable bonds is 18. The van der Waals surface area contributed by atoms with Crippen molar-refractivity contribution < 1.29 is 86.6 Å². The van der Waals surface area contributed by atoms with Crippen molar-refractivity contribution in [2.75, 3.05) is 93.6 Å². The van der Waals surface area contributed by atoms with E-state index >= 15 is 0 Å². The molecular formula is C33H42F9N12O13P. The molecule has 0 spiro atoms. The van der Waals surface area contributed by atoms with Gasteiger partial charge < -0.3 is 59.3 Å². The summed E-state index contributed by atoms with van der Waals surface area (Å²) < 4.78 is 177. The zero-order chi connectivity index (χ0) is 50.1. The highest BCUT2D eigenvalue weighted by Crippen LogP contribution is 2.54. The fraction of sp³-hybridized carbons (Fsp3) is 0.727. The minimum atomic E-state index is -5.68. The van der Waals surface area contributed by atoms with Crippen molar-refractivity contribution in [3.8, 4) is 0 Å². The van der Waals surface area contributed by atoms with Crippen molar-refractivity contribution in [1.29, 1.82) is 0 Å². The topological polar surface area (TPSA) is 265 Å². The zero-order valence-corrected chi connectivity index (χ0v) is 36.8. The molecule has 0 N–H and O–H groups in total. The molecule has 3 atom stereocenters. The molecule has 3 aliphatic rings. The number of morpholine rings is 3. The lowest BCUT2D eigenvalue weighted by Crippen LogP contribution is -2.37. The van der Waals surface area contributed by atoms with E-state index in [9.17, 15) is 74.4 Å². The number of imidazole rings is 3. The maximum absolute atomic E-state index is 14.8. The van der Waals surface area contributed by atoms with Crippen LogP contribution in [0.15, 0.2) is 0 Å². The number of phosphoric acid groups is 1. The molecule has 0 unspecified atom stereocenters. The molecule has 0 amide bonds. The highest BCUT2D eigenvalue weighted by atomic mass is 31.2. The third-order valence-electron chi connectivity index (χ3n) is 10.2. The number of hydrogen-bond acceptors (Lipinski definition) is 19. The normalized spacial score (nSPS) is 18.2. The van der Waals surface area contributed by atoms with E-state index in [2.05, 4.69) is 15.0 Å². The first-order chi connectivity index (χ1) is 31.7. The minimum absolute atomic E-state index is 0.0401. The molecule has 3 aliphatic heterocycles. The van der Waals surface area contributed by atoms with Gasteiger partial charge in [0.15, 0.2) is 0 Å². The highest BCUT2D eigenvalue weighted by Gasteiger charge is 2.50. The molecule has 6 heterocycles. The Balaban J connectivity index is 1.39. The Hall–Kier alpha value is -5.41. The van der Waals surface area contributed by atoms with Crippen LogP contribution >= 0.6 is 7.82 Å². The number of nitrogens with zero attached hydrogens (tertiary/aromatic N) is 12. The molecule has 380 valence electrons. The fourth-order valence-electron chi connectivity index (χ4n) is 7.57. The number of anilines is 3. The Labute approximate surface area is 376 Å². The smallest absolute Gasteiger partial charge is 0.378 e. The molecule has 3 fully saturated rings. The number of hydrogen-bond donors (Lipinski definition) is 0. The second-order valence-electron chi connectivity index (χ2n) is 15.3. The Bertz CT molecular complexity index is 2110. The van der Waals surface area contributed by atoms with Gasteiger partial charge in [-0.25, -0.2) is 4.57 Å². The van der Waals surface area contributed by atoms with Crippen molar-refractivity contribution in [3.63, 3.8) is 0 Å². The lowest BCUT2D eigenvalue weighted by molar-refractivity contribution is -0.392. The molecule has 0 aromatic carbocycles. The van der Waals surface area contributed by atoms with Crippen molar-refractivity contribution in [3.05, 3.63) is 47.8 Å². The van der Waals surface area contributed by atoms with E-state index in [0.29, 0.717) is 0 Å². The standard InChI is InChI=1S/C33H42F9N12O13P/c1-19(16-49-25(52(55)56)22(43-28(49)31(34,35)36)46-4-10-62-11-5-46)65-68(61,66-20(2)17-50-26(53(57)58)23(44-29(50)32(37,38)39)47-6-12-63-13-7-47)67-21(3)18-51-27(54(59)60)24(45-30(51)33(40,41)42)48-8-14-64-15-9-48/h19-21H,4-18H2,1-3H3/t19-,20-,21-/m0/s1. The Kier molecular flexibility index (Phi) is 15.5. The Morgan fingerprint density at radius 2 is 0.735 bits per heavy atom. The molecule has 68 heavy (non-hydrogen) atoms. The maximum atomic E-state index is 14.8. The predicted molar refractivity (Wildman–Crippen MR) is 210 cm³/mol. The van der Waals surface area contributed by atoms with Gasteiger partial charge in [0.25, 0.3) is 0 Å². The number of nitro groups is 3. The minimum Gasteiger partial charge on any atom is -0.378 e. The molecule has 35 heteroatoms. The summed E-state index contributed by atoms with van der Waals surface area (Å²) in [7, 11) is -5.68. The van der Waals surface area contributed by atoms with E-state index in [1.807, 2.05) is 0 Å². The first-order valence-electron chi connectivity index (χ1n) is 20.3. The van der Waals surface area contributed by atoms with Gasteiger partial charge in [-0.1, -0.05) is 0 Å². The van der Waals surface area contributed by atoms with E-state index in [-0.39, 0.29) is 92.6 Å². The number of alkyl halides is 9. The van der Waals surface area contributed by atoms with Gasteiger partial charge in [0.05, 0.1) is 39.6 Å². The molecular weight excluding hydrogens is 974 g/mol. The first kappa shape index (κ1) is 52.0. The van der Waals surface area contributed by atoms with Crippen LogP contribution in [0.2, 0.25) is 0 Å². The summed E-state index contributed by atoms with van der Waals surface area (Å²) >= 11 is 0. The van der Waals surface area contributed by atoms with Crippen LogP contribution in [0.5, 0.6) is 0 Å². The second-order valence-corrected chi connectivity index (χ2v) is 16.9. The molecule has 0 aliphatic carbocycles. The number of aromatic nitrogens is 6. The van der Waals surface area contributed by atoms with Crippen LogP contribution in [0.3, 0.4) is 0 Å². The van der Waals surface area contributed by atoms with E-state index in [0.717, 1.165) is 35.5 Å². The van der Waals surface area contributed by atoms with Crippen LogP contribution < -0.4 is 14.7 Å². The fourth-order valence-corrected chi connectivity index (χ4v) is 9.24. The van der Waals surface area contributed by atoms with E-state index in [1.54, 1.807) is 0 Å². The molecule has 6 rings (SSSR count). The summed E-state index contributed by atoms with van der Waals surface area (Å²) in [6.45, 7) is -1.94. The van der Waals surface area contributed by atoms with Gasteiger partial charge in [-0.3, -0.25) is 13.6 Å². The van der Waals surface area contributed by atoms with Crippen molar-refractivity contribution in [2.24, 2.45) is 0 Å². The molecule has 3 aromatic rings. The van der Waals surface area contributed by atoms with Crippen LogP contribution in [0.4, 0.5) is 74.4 Å². The molecule has 0 bridgehead atoms. The summed E-state index contributed by atoms with van der Waals surface area (Å²) in [6, 6.07) is 0. The molecule has 0 saturated carbocycles. The third kappa shape index (κ3) is 11.7. The summed E-state index contributed by atoms with van der Waals surface area (Å²) in [5.41, 5.74) is 0. The van der Waals surface area contributed by atoms with Crippen molar-refractivity contribution >= 4 is 42.7 Å². The molecule has 0 radical (unpaired) electrons. The SMILES string of the molecule is C[C@@H](Cn1c(C(F)(F)F)nc(N2CCOCC2)c1[N+](=O)[O-])OP(=O)(O[C@@H](C)Cn1c(C(F)(F)F)nc(N2CCOCC2)c1[N+](=O)[O-])O[C@@H](C)Cn1c(C(F)(F)F)nc(N2CCOCC2)c1[N+](=O)[O-]. The lowest BCUT2D eigenvalue weighted by Gasteiger charge is -2.27. The van der Waals surface area contributed by atoms with Crippen molar-refractivity contribution in [2.45, 2.75) is 77.2 Å². The van der Waals surface area contributed by atoms with E-state index in [1.165, 1.54) is 0 Å². The number of phosphoric ester groups is 1. The second kappa shape index (κ2) is 20.3. The largest absolute Gasteiger partial charge is 0.475 e. The van der Waals surface area contributed by atoms with Crippen LogP contribution in [-0.2, 0) is 70.5 Å². The molecule has 3 saturated heterocycles. The first-order valence-corrected chi connectivity index (χ1v) is 21.8. The maximum Gasteiger partial charge on any atom is 0.475 e. The zero-order valence-electron chi connectivity index (χ0n) is 35.9. The van der Waals surface area contributed by atoms with Crippen LogP contribution in [0.1, 0.15) is 38.2 Å². The average Bonchev–Trinajstić information content (AvgIpc) is 3.94. The summed E-state index contributed by atoms with van der Waals surface area (Å²) in [4.78, 5) is 47.4. The quantitative estimate of drug-likeness (QED) is 0.0678. The van der Waals surface area contributed by atoms with Gasteiger partial charge in [0.2, 0.25) is 17.5 Å². The van der Waals surface area contributed by atoms with E-state index < -0.39 is 131 Å². The highest BCUT2D eigenvalue weighted by molar-refractivity contribution is 7.48. The van der Waals surface area contributed by atoms with Gasteiger partial charge in [0.1, 0.15) is 37.9 Å². The van der Waals surface area contributed by atoms with Crippen LogP contribution in [0, 0.1) is 30.3 Å². The molecule has 25 nitrogen and oxygen atoms in total. The van der Waals surface area contributed by atoms with Gasteiger partial charge in [-0.05, 0) is 35.5 Å². The molecule has 3 aromatic heterocycles. The summed E-state index contributed by atoms with van der Waals surface area (Å²) in [5.74, 6) is -11.3. The lowest BCUT2D eigenvalue weighted by atomic mass is 10.4. The number of halogens is 9. The Morgan fingerprint density at radius 3 is 0.926 bits per heavy atom. The predicted octanol–water partition coefficient (Wildman–Crippen LogP) is 5.29. The number of ether oxygens (including phenoxy) is 3. The Morgan fingerprint density at radius 1 is 0.515 bits per heavy atom.